The maximum atomic E-state index is 8.57. The van der Waals surface area contributed by atoms with E-state index in [9.17, 15) is 0 Å². The predicted octanol–water partition coefficient (Wildman–Crippen LogP) is 0.600. The van der Waals surface area contributed by atoms with Crippen molar-refractivity contribution in [1.82, 2.24) is 10.2 Å². The van der Waals surface area contributed by atoms with Crippen molar-refractivity contribution in [3.8, 4) is 0 Å². The minimum Gasteiger partial charge on any atom is -0.394 e. The molecule has 2 unspecified atom stereocenters. The van der Waals surface area contributed by atoms with Crippen LogP contribution in [-0.4, -0.2) is 61.5 Å². The molecule has 2 N–H and O–H groups in total. The topological polar surface area (TPSA) is 44.7 Å². The van der Waals surface area contributed by atoms with Crippen LogP contribution in [0.2, 0.25) is 0 Å². The molecule has 0 saturated carbocycles. The molecule has 2 atom stereocenters. The third-order valence-corrected chi connectivity index (χ3v) is 4.23. The summed E-state index contributed by atoms with van der Waals surface area (Å²) in [6.45, 7) is 2.40. The van der Waals surface area contributed by atoms with Gasteiger partial charge in [-0.1, -0.05) is 0 Å². The van der Waals surface area contributed by atoms with Gasteiger partial charge in [0.05, 0.1) is 13.2 Å². The largest absolute Gasteiger partial charge is 0.394 e. The van der Waals surface area contributed by atoms with Crippen LogP contribution in [0.25, 0.3) is 0 Å². The summed E-state index contributed by atoms with van der Waals surface area (Å²) in [4.78, 5) is 2.57. The number of aliphatic hydroxyl groups is 1. The molecule has 2 bridgehead atoms. The van der Waals surface area contributed by atoms with Crippen molar-refractivity contribution in [3.63, 3.8) is 0 Å². The number of hydrogen-bond acceptors (Lipinski definition) is 4. The molecule has 0 amide bonds. The molecule has 2 aliphatic rings. The number of fused-ring (bicyclic) bond motifs is 2. The maximum absolute atomic E-state index is 8.57. The molecule has 2 rings (SSSR count). The molecule has 17 heavy (non-hydrogen) atoms. The van der Waals surface area contributed by atoms with Gasteiger partial charge in [-0.2, -0.15) is 0 Å². The molecular formula is C13H26N2O2. The van der Waals surface area contributed by atoms with Gasteiger partial charge in [-0.05, 0) is 45.7 Å². The molecular weight excluding hydrogens is 216 g/mol. The summed E-state index contributed by atoms with van der Waals surface area (Å²) in [5.41, 5.74) is 0. The third-order valence-electron chi connectivity index (χ3n) is 4.23. The number of nitrogens with one attached hydrogen (secondary N) is 1. The Morgan fingerprint density at radius 1 is 1.24 bits per heavy atom. The zero-order valence-corrected chi connectivity index (χ0v) is 10.9. The molecule has 2 fully saturated rings. The Morgan fingerprint density at radius 2 is 1.94 bits per heavy atom. The van der Waals surface area contributed by atoms with Gasteiger partial charge in [0.15, 0.2) is 0 Å². The molecule has 2 heterocycles. The summed E-state index contributed by atoms with van der Waals surface area (Å²) in [5, 5.41) is 12.2. The first-order chi connectivity index (χ1) is 8.31. The van der Waals surface area contributed by atoms with Crippen molar-refractivity contribution >= 4 is 0 Å². The standard InChI is InChI=1S/C13H26N2O2/c1-15-12-3-4-13(15)10-11(9-12)14-5-2-7-17-8-6-16/h11-14,16H,2-10H2,1H3. The van der Waals surface area contributed by atoms with E-state index in [0.717, 1.165) is 31.7 Å². The first-order valence-corrected chi connectivity index (χ1v) is 6.95. The summed E-state index contributed by atoms with van der Waals surface area (Å²) in [6.07, 6.45) is 6.44. The lowest BCUT2D eigenvalue weighted by atomic mass is 9.98. The van der Waals surface area contributed by atoms with E-state index in [2.05, 4.69) is 17.3 Å². The summed E-state index contributed by atoms with van der Waals surface area (Å²) in [7, 11) is 2.28. The van der Waals surface area contributed by atoms with Crippen LogP contribution in [0.15, 0.2) is 0 Å². The van der Waals surface area contributed by atoms with E-state index in [0.29, 0.717) is 12.6 Å². The second-order valence-corrected chi connectivity index (χ2v) is 5.36. The zero-order chi connectivity index (χ0) is 12.1. The van der Waals surface area contributed by atoms with Gasteiger partial charge in [0.1, 0.15) is 0 Å². The van der Waals surface area contributed by atoms with Crippen LogP contribution in [0.1, 0.15) is 32.1 Å². The number of rotatable bonds is 7. The van der Waals surface area contributed by atoms with Crippen LogP contribution in [0.5, 0.6) is 0 Å². The number of ether oxygens (including phenoxy) is 1. The molecule has 0 aromatic heterocycles. The maximum Gasteiger partial charge on any atom is 0.0697 e. The highest BCUT2D eigenvalue weighted by atomic mass is 16.5. The predicted molar refractivity (Wildman–Crippen MR) is 68.1 cm³/mol. The van der Waals surface area contributed by atoms with E-state index in [4.69, 9.17) is 9.84 Å². The fraction of sp³-hybridized carbons (Fsp3) is 1.00. The first kappa shape index (κ1) is 13.3. The quantitative estimate of drug-likeness (QED) is 0.642. The Balaban J connectivity index is 1.55. The van der Waals surface area contributed by atoms with Crippen molar-refractivity contribution in [1.29, 1.82) is 0 Å². The molecule has 2 saturated heterocycles. The van der Waals surface area contributed by atoms with E-state index in [1.54, 1.807) is 0 Å². The molecule has 100 valence electrons. The highest BCUT2D eigenvalue weighted by Crippen LogP contribution is 2.34. The van der Waals surface area contributed by atoms with Gasteiger partial charge < -0.3 is 20.1 Å². The fourth-order valence-electron chi connectivity index (χ4n) is 3.23. The highest BCUT2D eigenvalue weighted by Gasteiger charge is 2.37. The molecule has 0 aliphatic carbocycles. The van der Waals surface area contributed by atoms with Gasteiger partial charge >= 0.3 is 0 Å². The van der Waals surface area contributed by atoms with Gasteiger partial charge in [-0.25, -0.2) is 0 Å². The van der Waals surface area contributed by atoms with Crippen LogP contribution >= 0.6 is 0 Å². The molecule has 0 aromatic rings. The Morgan fingerprint density at radius 3 is 2.59 bits per heavy atom. The number of hydrogen-bond donors (Lipinski definition) is 2. The van der Waals surface area contributed by atoms with E-state index < -0.39 is 0 Å². The monoisotopic (exact) mass is 242 g/mol. The highest BCUT2D eigenvalue weighted by molar-refractivity contribution is 4.95. The Hall–Kier alpha value is -0.160. The zero-order valence-electron chi connectivity index (χ0n) is 10.9. The van der Waals surface area contributed by atoms with Gasteiger partial charge in [0.25, 0.3) is 0 Å². The smallest absolute Gasteiger partial charge is 0.0697 e. The lowest BCUT2D eigenvalue weighted by Crippen LogP contribution is -2.47. The van der Waals surface area contributed by atoms with Crippen LogP contribution < -0.4 is 5.32 Å². The molecule has 4 heteroatoms. The minimum absolute atomic E-state index is 0.131. The van der Waals surface area contributed by atoms with E-state index >= 15 is 0 Å². The molecule has 0 radical (unpaired) electrons. The molecule has 0 aromatic carbocycles. The summed E-state index contributed by atoms with van der Waals surface area (Å²) in [6, 6.07) is 2.34. The average Bonchev–Trinajstić information content (AvgIpc) is 2.55. The molecule has 2 aliphatic heterocycles. The molecule has 4 nitrogen and oxygen atoms in total. The van der Waals surface area contributed by atoms with Gasteiger partial charge in [0, 0.05) is 24.7 Å². The lowest BCUT2D eigenvalue weighted by Gasteiger charge is -2.36. The van der Waals surface area contributed by atoms with E-state index in [1.165, 1.54) is 25.7 Å². The van der Waals surface area contributed by atoms with Crippen molar-refractivity contribution in [3.05, 3.63) is 0 Å². The van der Waals surface area contributed by atoms with Crippen molar-refractivity contribution < 1.29 is 9.84 Å². The van der Waals surface area contributed by atoms with Gasteiger partial charge in [0.2, 0.25) is 0 Å². The van der Waals surface area contributed by atoms with Crippen LogP contribution in [0, 0.1) is 0 Å². The second kappa shape index (κ2) is 6.69. The first-order valence-electron chi connectivity index (χ1n) is 6.95. The van der Waals surface area contributed by atoms with Crippen molar-refractivity contribution in [2.45, 2.75) is 50.2 Å². The Kier molecular flexibility index (Phi) is 5.22. The van der Waals surface area contributed by atoms with Crippen molar-refractivity contribution in [2.75, 3.05) is 33.4 Å². The average molecular weight is 242 g/mol. The minimum atomic E-state index is 0.131. The third kappa shape index (κ3) is 3.65. The molecule has 0 spiro atoms. The lowest BCUT2D eigenvalue weighted by molar-refractivity contribution is 0.0889. The van der Waals surface area contributed by atoms with Crippen LogP contribution in [0.3, 0.4) is 0 Å². The van der Waals surface area contributed by atoms with Crippen LogP contribution in [0.4, 0.5) is 0 Å². The summed E-state index contributed by atoms with van der Waals surface area (Å²) >= 11 is 0. The van der Waals surface area contributed by atoms with Crippen molar-refractivity contribution in [2.24, 2.45) is 0 Å². The summed E-state index contributed by atoms with van der Waals surface area (Å²) in [5.74, 6) is 0. The van der Waals surface area contributed by atoms with E-state index in [1.807, 2.05) is 0 Å². The Bertz CT molecular complexity index is 211. The number of nitrogens with zero attached hydrogens (tertiary/aromatic N) is 1. The fourth-order valence-corrected chi connectivity index (χ4v) is 3.23. The number of piperidine rings is 1. The normalized spacial score (nSPS) is 33.2. The number of aliphatic hydroxyl groups excluding tert-OH is 1. The second-order valence-electron chi connectivity index (χ2n) is 5.36. The SMILES string of the molecule is CN1C2CCC1CC(NCCCOCCO)C2. The van der Waals surface area contributed by atoms with E-state index in [-0.39, 0.29) is 6.61 Å². The van der Waals surface area contributed by atoms with Gasteiger partial charge in [-0.15, -0.1) is 0 Å². The van der Waals surface area contributed by atoms with Gasteiger partial charge in [-0.3, -0.25) is 0 Å². The van der Waals surface area contributed by atoms with Crippen LogP contribution in [-0.2, 0) is 4.74 Å². The Labute approximate surface area is 104 Å². The summed E-state index contributed by atoms with van der Waals surface area (Å²) < 4.78 is 5.25.